The first-order chi connectivity index (χ1) is 38.1. The summed E-state index contributed by atoms with van der Waals surface area (Å²) < 4.78 is 7.28. The number of nitrogens with two attached hydrogens (primary N) is 2. The number of rotatable bonds is 26. The molecular weight excluding hydrogens is 1010 g/mol. The maximum absolute atomic E-state index is 13.7. The van der Waals surface area contributed by atoms with Crippen molar-refractivity contribution in [2.45, 2.75) is 77.5 Å². The molecule has 3 aromatic heterocycles. The lowest BCUT2D eigenvalue weighted by molar-refractivity contribution is -0.137. The molecule has 1 unspecified atom stereocenters. The molecule has 23 nitrogen and oxygen atoms in total. The Kier molecular flexibility index (Phi) is 20.0. The fourth-order valence-corrected chi connectivity index (χ4v) is 8.36. The predicted molar refractivity (Wildman–Crippen MR) is 293 cm³/mol. The van der Waals surface area contributed by atoms with Crippen molar-refractivity contribution >= 4 is 64.8 Å². The Bertz CT molecular complexity index is 3150. The van der Waals surface area contributed by atoms with Crippen LogP contribution in [0.2, 0.25) is 0 Å². The summed E-state index contributed by atoms with van der Waals surface area (Å²) in [6.45, 7) is 4.13. The summed E-state index contributed by atoms with van der Waals surface area (Å²) in [5.74, 6) is -2.49. The smallest absolute Gasteiger partial charge is 0.407 e. The van der Waals surface area contributed by atoms with Crippen LogP contribution in [-0.4, -0.2) is 109 Å². The molecule has 10 N–H and O–H groups in total. The minimum absolute atomic E-state index is 0.0511. The van der Waals surface area contributed by atoms with Gasteiger partial charge in [-0.25, -0.2) is 24.5 Å². The maximum atomic E-state index is 13.7. The van der Waals surface area contributed by atoms with Gasteiger partial charge in [0.15, 0.2) is 11.5 Å². The number of imidazole rings is 1. The standard InChI is InChI=1S/C56H62N14O9/c1-35(2)48(68-45(71)13-7-4-8-30-70-46(72)22-23-47(70)73)53(75)66-41(12-9-26-61-55(58)77)52(74)64-40-20-16-37(17-21-40)34-79-56(78)62-28-24-36-14-18-38(19-15-36)42-33-63-50(57)49(65-42)54(76)67-43-32-59-27-25-44(43)69-31-29-60-51(69)39-10-5-3-6-11-39/h3,5-6,10-11,14-23,25,27,29,31-33,35,41,48H,4,7-9,12-13,24,26,28,30,34H2,1-2H3,(H2,57,63)(H,62,78)(H,64,74)(H,66,75)(H,67,76)(H,68,71)(H3,58,61,77)/t41-,48?/m0/s1. The van der Waals surface area contributed by atoms with Crippen molar-refractivity contribution in [3.8, 4) is 28.3 Å². The molecule has 6 aromatic rings. The lowest BCUT2D eigenvalue weighted by Crippen LogP contribution is -2.54. The van der Waals surface area contributed by atoms with Crippen LogP contribution in [0.4, 0.5) is 26.8 Å². The molecule has 4 heterocycles. The number of unbranched alkanes of at least 4 members (excludes halogenated alkanes) is 2. The summed E-state index contributed by atoms with van der Waals surface area (Å²) in [4.78, 5) is 120. The van der Waals surface area contributed by atoms with Crippen molar-refractivity contribution in [3.05, 3.63) is 145 Å². The van der Waals surface area contributed by atoms with Crippen molar-refractivity contribution < 1.29 is 43.1 Å². The molecular formula is C56H62N14O9. The second kappa shape index (κ2) is 27.8. The summed E-state index contributed by atoms with van der Waals surface area (Å²) >= 11 is 0. The number of carbonyl (C=O) groups excluding carboxylic acids is 8. The van der Waals surface area contributed by atoms with E-state index in [0.717, 1.165) is 16.0 Å². The molecule has 0 bridgehead atoms. The highest BCUT2D eigenvalue weighted by Gasteiger charge is 2.29. The second-order valence-electron chi connectivity index (χ2n) is 18.7. The Hall–Kier alpha value is -9.80. The SMILES string of the molecule is CC(C)C(NC(=O)CCCCCN1C(=O)C=CC1=O)C(=O)N[C@@H](CCCNC(N)=O)C(=O)Nc1ccc(COC(=O)NCCc2ccc(-c3cnc(N)c(C(=O)Nc4cnccc4-n4ccnc4-c4ccccc4)n3)cc2)cc1. The predicted octanol–water partition coefficient (Wildman–Crippen LogP) is 5.19. The van der Waals surface area contributed by atoms with Crippen molar-refractivity contribution in [2.24, 2.45) is 11.7 Å². The van der Waals surface area contributed by atoms with Crippen LogP contribution in [-0.2, 0) is 41.7 Å². The third-order valence-corrected chi connectivity index (χ3v) is 12.6. The Morgan fingerprint density at radius 1 is 0.722 bits per heavy atom. The van der Waals surface area contributed by atoms with Crippen LogP contribution in [0.3, 0.4) is 0 Å². The van der Waals surface area contributed by atoms with E-state index in [-0.39, 0.29) is 74.2 Å². The topological polar surface area (TPSA) is 330 Å². The number of primary amides is 1. The summed E-state index contributed by atoms with van der Waals surface area (Å²) in [6.07, 6.45) is 12.5. The van der Waals surface area contributed by atoms with Crippen molar-refractivity contribution in [2.75, 3.05) is 36.0 Å². The van der Waals surface area contributed by atoms with Crippen molar-refractivity contribution in [1.29, 1.82) is 0 Å². The summed E-state index contributed by atoms with van der Waals surface area (Å²) in [7, 11) is 0. The second-order valence-corrected chi connectivity index (χ2v) is 18.7. The quantitative estimate of drug-likeness (QED) is 0.0256. The maximum Gasteiger partial charge on any atom is 0.407 e. The van der Waals surface area contributed by atoms with E-state index < -0.39 is 41.9 Å². The van der Waals surface area contributed by atoms with Crippen LogP contribution >= 0.6 is 0 Å². The zero-order valence-corrected chi connectivity index (χ0v) is 43.6. The number of anilines is 3. The summed E-state index contributed by atoms with van der Waals surface area (Å²) in [6, 6.07) is 22.6. The van der Waals surface area contributed by atoms with E-state index in [1.54, 1.807) is 62.8 Å². The van der Waals surface area contributed by atoms with Crippen LogP contribution in [0.15, 0.2) is 128 Å². The van der Waals surface area contributed by atoms with Gasteiger partial charge in [-0.2, -0.15) is 0 Å². The van der Waals surface area contributed by atoms with Gasteiger partial charge in [-0.3, -0.25) is 43.2 Å². The number of nitrogens with zero attached hydrogens (tertiary/aromatic N) is 6. The van der Waals surface area contributed by atoms with Crippen molar-refractivity contribution in [1.82, 2.24) is 50.7 Å². The number of hydrogen-bond acceptors (Lipinski definition) is 14. The average molecular weight is 1080 g/mol. The van der Waals surface area contributed by atoms with Crippen molar-refractivity contribution in [3.63, 3.8) is 0 Å². The van der Waals surface area contributed by atoms with Gasteiger partial charge in [0.2, 0.25) is 17.7 Å². The first kappa shape index (κ1) is 56.9. The Labute approximate surface area is 455 Å². The summed E-state index contributed by atoms with van der Waals surface area (Å²) in [5.41, 5.74) is 16.3. The molecule has 1 aliphatic heterocycles. The van der Waals surface area contributed by atoms with Gasteiger partial charge in [0, 0.05) is 73.6 Å². The lowest BCUT2D eigenvalue weighted by atomic mass is 10.0. The van der Waals surface area contributed by atoms with Crippen LogP contribution < -0.4 is 43.4 Å². The van der Waals surface area contributed by atoms with Crippen LogP contribution in [0.1, 0.15) is 74.0 Å². The number of nitrogens with one attached hydrogen (secondary N) is 6. The number of benzene rings is 3. The molecule has 0 spiro atoms. The van der Waals surface area contributed by atoms with Gasteiger partial charge in [-0.15, -0.1) is 0 Å². The third-order valence-electron chi connectivity index (χ3n) is 12.6. The number of imide groups is 1. The number of hydrogen-bond donors (Lipinski definition) is 8. The number of urea groups is 1. The third kappa shape index (κ3) is 16.4. The van der Waals surface area contributed by atoms with Crippen LogP contribution in [0.25, 0.3) is 28.3 Å². The molecule has 7 rings (SSSR count). The monoisotopic (exact) mass is 1070 g/mol. The van der Waals surface area contributed by atoms with Gasteiger partial charge in [0.05, 0.1) is 29.5 Å². The number of nitrogen functional groups attached to an aromatic ring is 1. The Morgan fingerprint density at radius 2 is 1.46 bits per heavy atom. The van der Waals surface area contributed by atoms with E-state index in [1.807, 2.05) is 59.2 Å². The zero-order valence-electron chi connectivity index (χ0n) is 43.6. The van der Waals surface area contributed by atoms with Gasteiger partial charge < -0.3 is 48.1 Å². The molecule has 410 valence electrons. The van der Waals surface area contributed by atoms with Gasteiger partial charge >= 0.3 is 12.1 Å². The van der Waals surface area contributed by atoms with E-state index in [9.17, 15) is 38.4 Å². The largest absolute Gasteiger partial charge is 0.445 e. The van der Waals surface area contributed by atoms with E-state index in [0.29, 0.717) is 71.8 Å². The molecule has 0 fully saturated rings. The highest BCUT2D eigenvalue weighted by atomic mass is 16.5. The highest BCUT2D eigenvalue weighted by molar-refractivity contribution is 6.13. The first-order valence-corrected chi connectivity index (χ1v) is 25.7. The van der Waals surface area contributed by atoms with Gasteiger partial charge in [-0.05, 0) is 67.3 Å². The van der Waals surface area contributed by atoms with Gasteiger partial charge in [0.1, 0.15) is 24.5 Å². The number of pyridine rings is 1. The average Bonchev–Trinajstić information content (AvgIpc) is 4.14. The van der Waals surface area contributed by atoms with Gasteiger partial charge in [0.25, 0.3) is 17.7 Å². The number of aromatic nitrogens is 5. The Balaban J connectivity index is 0.851. The Morgan fingerprint density at radius 3 is 2.18 bits per heavy atom. The molecule has 1 aliphatic rings. The molecule has 0 aliphatic carbocycles. The minimum atomic E-state index is -1.06. The fourth-order valence-electron chi connectivity index (χ4n) is 8.36. The molecule has 23 heteroatoms. The molecule has 0 saturated carbocycles. The van der Waals surface area contributed by atoms with E-state index in [2.05, 4.69) is 51.8 Å². The highest BCUT2D eigenvalue weighted by Crippen LogP contribution is 2.27. The molecule has 0 radical (unpaired) electrons. The number of ether oxygens (including phenoxy) is 1. The number of carbonyl (C=O) groups is 8. The molecule has 79 heavy (non-hydrogen) atoms. The first-order valence-electron chi connectivity index (χ1n) is 25.7. The van der Waals surface area contributed by atoms with Gasteiger partial charge in [-0.1, -0.05) is 87.0 Å². The molecule has 3 aromatic carbocycles. The van der Waals surface area contributed by atoms with E-state index in [4.69, 9.17) is 16.2 Å². The fraction of sp³-hybridized carbons (Fsp3) is 0.286. The van der Waals surface area contributed by atoms with Crippen LogP contribution in [0, 0.1) is 5.92 Å². The zero-order chi connectivity index (χ0) is 56.3. The lowest BCUT2D eigenvalue weighted by Gasteiger charge is -2.25. The van der Waals surface area contributed by atoms with E-state index in [1.165, 1.54) is 24.5 Å². The molecule has 0 saturated heterocycles. The molecule has 2 atom stereocenters. The summed E-state index contributed by atoms with van der Waals surface area (Å²) in [5, 5.41) is 16.4. The van der Waals surface area contributed by atoms with E-state index >= 15 is 0 Å². The molecule has 9 amide bonds. The number of amides is 9. The minimum Gasteiger partial charge on any atom is -0.445 e. The normalized spacial score (nSPS) is 12.6. The number of alkyl carbamates (subject to hydrolysis) is 1. The van der Waals surface area contributed by atoms with Crippen LogP contribution in [0.5, 0.6) is 0 Å².